The number of carboxylic acids is 2. The Labute approximate surface area is 150 Å². The molecule has 0 spiro atoms. The largest absolute Gasteiger partial charge is 0.490 e. The highest BCUT2D eigenvalue weighted by Gasteiger charge is 2.16. The van der Waals surface area contributed by atoms with E-state index in [9.17, 15) is 9.59 Å². The topological polar surface area (TPSA) is 102 Å². The summed E-state index contributed by atoms with van der Waals surface area (Å²) in [5, 5.41) is 18.1. The van der Waals surface area contributed by atoms with Crippen LogP contribution in [0.3, 0.4) is 0 Å². The molecular weight excluding hydrogens is 340 g/mol. The molecule has 2 N–H and O–H groups in total. The summed E-state index contributed by atoms with van der Waals surface area (Å²) < 4.78 is 15.9. The van der Waals surface area contributed by atoms with Gasteiger partial charge in [0.15, 0.2) is 6.10 Å². The van der Waals surface area contributed by atoms with Gasteiger partial charge in [-0.15, -0.1) is 0 Å². The molecule has 138 valence electrons. The molecule has 0 unspecified atom stereocenters. The second kappa shape index (κ2) is 9.43. The van der Waals surface area contributed by atoms with Gasteiger partial charge in [-0.3, -0.25) is 0 Å². The normalized spacial score (nSPS) is 11.6. The molecule has 7 heteroatoms. The van der Waals surface area contributed by atoms with Crippen molar-refractivity contribution in [3.8, 4) is 11.5 Å². The molecule has 26 heavy (non-hydrogen) atoms. The number of benzene rings is 2. The van der Waals surface area contributed by atoms with Crippen LogP contribution in [0.25, 0.3) is 0 Å². The van der Waals surface area contributed by atoms with Gasteiger partial charge in [0.05, 0.1) is 0 Å². The van der Waals surface area contributed by atoms with E-state index >= 15 is 0 Å². The van der Waals surface area contributed by atoms with Crippen LogP contribution < -0.4 is 9.47 Å². The van der Waals surface area contributed by atoms with Gasteiger partial charge in [-0.05, 0) is 29.8 Å². The number of ether oxygens (including phenoxy) is 3. The number of carbonyl (C=O) groups is 2. The van der Waals surface area contributed by atoms with Gasteiger partial charge < -0.3 is 24.4 Å². The molecule has 0 aliphatic heterocycles. The summed E-state index contributed by atoms with van der Waals surface area (Å²) in [5.41, 5.74) is 0.918. The van der Waals surface area contributed by atoms with Gasteiger partial charge in [0.2, 0.25) is 0 Å². The van der Waals surface area contributed by atoms with Crippen molar-refractivity contribution in [2.75, 3.05) is 20.3 Å². The number of rotatable bonds is 10. The molecule has 0 amide bonds. The number of hydrogen-bond acceptors (Lipinski definition) is 5. The Morgan fingerprint density at radius 1 is 0.962 bits per heavy atom. The fourth-order valence-electron chi connectivity index (χ4n) is 2.29. The first-order valence-corrected chi connectivity index (χ1v) is 7.93. The van der Waals surface area contributed by atoms with E-state index in [1.807, 2.05) is 0 Å². The van der Waals surface area contributed by atoms with Gasteiger partial charge in [0.1, 0.15) is 30.3 Å². The van der Waals surface area contributed by atoms with Gasteiger partial charge in [0.25, 0.3) is 0 Å². The summed E-state index contributed by atoms with van der Waals surface area (Å²) in [6.07, 6.45) is -0.620. The molecule has 2 aromatic carbocycles. The lowest BCUT2D eigenvalue weighted by Crippen LogP contribution is -2.24. The van der Waals surface area contributed by atoms with Crippen molar-refractivity contribution < 1.29 is 34.0 Å². The maximum Gasteiger partial charge on any atom is 0.339 e. The minimum absolute atomic E-state index is 0.1000. The van der Waals surface area contributed by atoms with Gasteiger partial charge in [-0.25, -0.2) is 9.59 Å². The molecule has 0 heterocycles. The van der Waals surface area contributed by atoms with Crippen LogP contribution in [0.15, 0.2) is 48.5 Å². The molecule has 0 bridgehead atoms. The Morgan fingerprint density at radius 2 is 1.62 bits per heavy atom. The number of aromatic carboxylic acids is 1. The number of aliphatic carboxylic acids is 1. The predicted octanol–water partition coefficient (Wildman–Crippen LogP) is 2.48. The Bertz CT molecular complexity index is 740. The first-order valence-electron chi connectivity index (χ1n) is 7.93. The van der Waals surface area contributed by atoms with Gasteiger partial charge in [-0.1, -0.05) is 24.3 Å². The summed E-state index contributed by atoms with van der Waals surface area (Å²) >= 11 is 0. The standard InChI is InChI=1S/C19H20O7/c1-24-17(19(22)23)12-13-6-8-14(9-7-13)25-10-11-26-16-5-3-2-4-15(16)18(20)21/h2-9,17H,10-12H2,1H3,(H,20,21)(H,22,23)/t17-/m0/s1. The third-order valence-corrected chi connectivity index (χ3v) is 3.63. The van der Waals surface area contributed by atoms with E-state index in [1.54, 1.807) is 42.5 Å². The van der Waals surface area contributed by atoms with Crippen molar-refractivity contribution in [1.29, 1.82) is 0 Å². The van der Waals surface area contributed by atoms with Gasteiger partial charge in [-0.2, -0.15) is 0 Å². The lowest BCUT2D eigenvalue weighted by Gasteiger charge is -2.12. The summed E-state index contributed by atoms with van der Waals surface area (Å²) in [7, 11) is 1.36. The maximum absolute atomic E-state index is 11.1. The third-order valence-electron chi connectivity index (χ3n) is 3.63. The zero-order valence-corrected chi connectivity index (χ0v) is 14.3. The average molecular weight is 360 g/mol. The molecule has 0 aromatic heterocycles. The van der Waals surface area contributed by atoms with Gasteiger partial charge >= 0.3 is 11.9 Å². The Balaban J connectivity index is 1.82. The van der Waals surface area contributed by atoms with E-state index in [-0.39, 0.29) is 25.2 Å². The zero-order valence-electron chi connectivity index (χ0n) is 14.3. The van der Waals surface area contributed by atoms with Crippen LogP contribution in [-0.2, 0) is 16.0 Å². The molecule has 2 rings (SSSR count). The SMILES string of the molecule is CO[C@@H](Cc1ccc(OCCOc2ccccc2C(=O)O)cc1)C(=O)O. The second-order valence-corrected chi connectivity index (χ2v) is 5.41. The van der Waals surface area contributed by atoms with Crippen LogP contribution in [0.2, 0.25) is 0 Å². The van der Waals surface area contributed by atoms with E-state index < -0.39 is 18.0 Å². The molecule has 0 aliphatic carbocycles. The summed E-state index contributed by atoms with van der Waals surface area (Å²) in [6, 6.07) is 13.4. The van der Waals surface area contributed by atoms with Crippen molar-refractivity contribution in [3.05, 3.63) is 59.7 Å². The molecule has 2 aromatic rings. The average Bonchev–Trinajstić information content (AvgIpc) is 2.64. The lowest BCUT2D eigenvalue weighted by molar-refractivity contribution is -0.148. The van der Waals surface area contributed by atoms with E-state index in [1.165, 1.54) is 13.2 Å². The molecule has 0 fully saturated rings. The Hall–Kier alpha value is -3.06. The number of para-hydroxylation sites is 1. The van der Waals surface area contributed by atoms with Crippen LogP contribution in [-0.4, -0.2) is 48.6 Å². The maximum atomic E-state index is 11.1. The number of hydrogen-bond donors (Lipinski definition) is 2. The molecule has 0 saturated heterocycles. The van der Waals surface area contributed by atoms with Crippen molar-refractivity contribution >= 4 is 11.9 Å². The molecule has 0 aliphatic rings. The highest BCUT2D eigenvalue weighted by atomic mass is 16.5. The summed E-state index contributed by atoms with van der Waals surface area (Å²) in [6.45, 7) is 0.430. The highest BCUT2D eigenvalue weighted by Crippen LogP contribution is 2.18. The van der Waals surface area contributed by atoms with E-state index in [0.29, 0.717) is 11.5 Å². The van der Waals surface area contributed by atoms with E-state index in [2.05, 4.69) is 0 Å². The van der Waals surface area contributed by atoms with Crippen molar-refractivity contribution in [2.24, 2.45) is 0 Å². The first kappa shape index (κ1) is 19.3. The minimum Gasteiger partial charge on any atom is -0.490 e. The summed E-state index contributed by atoms with van der Waals surface area (Å²) in [5.74, 6) is -1.16. The van der Waals surface area contributed by atoms with E-state index in [0.717, 1.165) is 5.56 Å². The highest BCUT2D eigenvalue weighted by molar-refractivity contribution is 5.90. The van der Waals surface area contributed by atoms with E-state index in [4.69, 9.17) is 24.4 Å². The quantitative estimate of drug-likeness (QED) is 0.628. The zero-order chi connectivity index (χ0) is 18.9. The van der Waals surface area contributed by atoms with Crippen LogP contribution in [0.4, 0.5) is 0 Å². The predicted molar refractivity (Wildman–Crippen MR) is 93.0 cm³/mol. The molecule has 0 radical (unpaired) electrons. The minimum atomic E-state index is -1.05. The molecule has 7 nitrogen and oxygen atoms in total. The monoisotopic (exact) mass is 360 g/mol. The van der Waals surface area contributed by atoms with Crippen LogP contribution in [0.5, 0.6) is 11.5 Å². The fourth-order valence-corrected chi connectivity index (χ4v) is 2.29. The molecule has 0 saturated carbocycles. The van der Waals surface area contributed by atoms with Crippen LogP contribution >= 0.6 is 0 Å². The Morgan fingerprint density at radius 3 is 2.23 bits per heavy atom. The lowest BCUT2D eigenvalue weighted by atomic mass is 10.1. The number of methoxy groups -OCH3 is 1. The van der Waals surface area contributed by atoms with Crippen molar-refractivity contribution in [3.63, 3.8) is 0 Å². The van der Waals surface area contributed by atoms with Crippen molar-refractivity contribution in [1.82, 2.24) is 0 Å². The fraction of sp³-hybridized carbons (Fsp3) is 0.263. The van der Waals surface area contributed by atoms with Gasteiger partial charge in [0, 0.05) is 13.5 Å². The molecular formula is C19H20O7. The Kier molecular flexibility index (Phi) is 6.99. The van der Waals surface area contributed by atoms with Crippen LogP contribution in [0.1, 0.15) is 15.9 Å². The smallest absolute Gasteiger partial charge is 0.339 e. The third kappa shape index (κ3) is 5.49. The first-order chi connectivity index (χ1) is 12.5. The van der Waals surface area contributed by atoms with Crippen LogP contribution in [0, 0.1) is 0 Å². The number of carboxylic acid groups (broad SMARTS) is 2. The summed E-state index contributed by atoms with van der Waals surface area (Å²) in [4.78, 5) is 22.1. The molecule has 1 atom stereocenters. The van der Waals surface area contributed by atoms with Crippen molar-refractivity contribution in [2.45, 2.75) is 12.5 Å². The second-order valence-electron chi connectivity index (χ2n) is 5.41.